The topological polar surface area (TPSA) is 55.4 Å². The number of rotatable bonds is 3. The largest absolute Gasteiger partial charge is 0.445 e. The highest BCUT2D eigenvalue weighted by Crippen LogP contribution is 2.30. The van der Waals surface area contributed by atoms with Crippen LogP contribution in [0.4, 0.5) is 5.69 Å². The van der Waals surface area contributed by atoms with E-state index in [-0.39, 0.29) is 11.8 Å². The molecule has 4 heteroatoms. The molecule has 0 saturated carbocycles. The standard InChI is InChI=1S/C20H21NO3/c1-13(2)15-9-6-7-11-17(15)21-19(23)20(3)12-14-8-4-5-10-16(14)18(22)24-20/h4-11,13H,12H2,1-3H3,(H,21,23). The number of amides is 1. The van der Waals surface area contributed by atoms with Crippen molar-refractivity contribution in [1.29, 1.82) is 0 Å². The summed E-state index contributed by atoms with van der Waals surface area (Å²) in [5.74, 6) is -0.478. The van der Waals surface area contributed by atoms with Gasteiger partial charge in [-0.2, -0.15) is 0 Å². The number of hydrogen-bond acceptors (Lipinski definition) is 3. The number of carbonyl (C=O) groups excluding carboxylic acids is 2. The van der Waals surface area contributed by atoms with E-state index < -0.39 is 11.6 Å². The molecule has 0 aromatic heterocycles. The lowest BCUT2D eigenvalue weighted by atomic mass is 9.89. The molecule has 0 saturated heterocycles. The predicted octanol–water partition coefficient (Wildman–Crippen LogP) is 3.92. The highest BCUT2D eigenvalue weighted by Gasteiger charge is 2.42. The maximum absolute atomic E-state index is 12.8. The fourth-order valence-electron chi connectivity index (χ4n) is 3.03. The Kier molecular flexibility index (Phi) is 4.14. The second kappa shape index (κ2) is 6.11. The lowest BCUT2D eigenvalue weighted by Crippen LogP contribution is -2.49. The van der Waals surface area contributed by atoms with Gasteiger partial charge in [0.25, 0.3) is 5.91 Å². The van der Waals surface area contributed by atoms with Crippen LogP contribution in [0, 0.1) is 0 Å². The maximum Gasteiger partial charge on any atom is 0.339 e. The summed E-state index contributed by atoms with van der Waals surface area (Å²) in [6.07, 6.45) is 0.366. The predicted molar refractivity (Wildman–Crippen MR) is 93.1 cm³/mol. The van der Waals surface area contributed by atoms with Gasteiger partial charge in [-0.1, -0.05) is 50.2 Å². The van der Waals surface area contributed by atoms with Gasteiger partial charge in [-0.05, 0) is 36.1 Å². The molecule has 1 amide bonds. The average molecular weight is 323 g/mol. The minimum atomic E-state index is -1.21. The van der Waals surface area contributed by atoms with Gasteiger partial charge in [0.1, 0.15) is 0 Å². The highest BCUT2D eigenvalue weighted by molar-refractivity contribution is 6.02. The van der Waals surface area contributed by atoms with E-state index in [1.807, 2.05) is 36.4 Å². The normalized spacial score (nSPS) is 19.6. The van der Waals surface area contributed by atoms with Crippen LogP contribution in [-0.4, -0.2) is 17.5 Å². The van der Waals surface area contributed by atoms with E-state index in [1.54, 1.807) is 19.1 Å². The van der Waals surface area contributed by atoms with Gasteiger partial charge < -0.3 is 10.1 Å². The van der Waals surface area contributed by atoms with Crippen LogP contribution >= 0.6 is 0 Å². The minimum Gasteiger partial charge on any atom is -0.445 e. The molecule has 124 valence electrons. The van der Waals surface area contributed by atoms with E-state index in [1.165, 1.54) is 0 Å². The van der Waals surface area contributed by atoms with Crippen molar-refractivity contribution in [3.05, 3.63) is 65.2 Å². The van der Waals surface area contributed by atoms with Crippen molar-refractivity contribution in [2.75, 3.05) is 5.32 Å². The number of esters is 1. The number of nitrogens with one attached hydrogen (secondary N) is 1. The summed E-state index contributed by atoms with van der Waals surface area (Å²) in [4.78, 5) is 25.1. The molecule has 0 spiro atoms. The fraction of sp³-hybridized carbons (Fsp3) is 0.300. The van der Waals surface area contributed by atoms with Crippen LogP contribution in [-0.2, 0) is 16.0 Å². The van der Waals surface area contributed by atoms with Gasteiger partial charge >= 0.3 is 5.97 Å². The first-order valence-corrected chi connectivity index (χ1v) is 8.12. The Bertz CT molecular complexity index is 797. The van der Waals surface area contributed by atoms with Gasteiger partial charge in [-0.25, -0.2) is 4.79 Å². The second-order valence-corrected chi connectivity index (χ2v) is 6.65. The molecular formula is C20H21NO3. The summed E-state index contributed by atoms with van der Waals surface area (Å²) in [7, 11) is 0. The lowest BCUT2D eigenvalue weighted by Gasteiger charge is -2.33. The number of anilines is 1. The molecule has 1 atom stereocenters. The van der Waals surface area contributed by atoms with Crippen molar-refractivity contribution >= 4 is 17.6 Å². The Labute approximate surface area is 141 Å². The van der Waals surface area contributed by atoms with E-state index in [9.17, 15) is 9.59 Å². The molecule has 1 unspecified atom stereocenters. The molecule has 2 aromatic carbocycles. The number of hydrogen-bond donors (Lipinski definition) is 1. The molecule has 0 fully saturated rings. The Morgan fingerprint density at radius 3 is 2.54 bits per heavy atom. The number of fused-ring (bicyclic) bond motifs is 1. The van der Waals surface area contributed by atoms with Crippen LogP contribution in [0.15, 0.2) is 48.5 Å². The van der Waals surface area contributed by atoms with Crippen LogP contribution in [0.25, 0.3) is 0 Å². The fourth-order valence-corrected chi connectivity index (χ4v) is 3.03. The van der Waals surface area contributed by atoms with Crippen LogP contribution in [0.5, 0.6) is 0 Å². The third kappa shape index (κ3) is 2.92. The number of benzene rings is 2. The summed E-state index contributed by atoms with van der Waals surface area (Å²) in [5, 5.41) is 2.94. The summed E-state index contributed by atoms with van der Waals surface area (Å²) >= 11 is 0. The molecule has 0 bridgehead atoms. The van der Waals surface area contributed by atoms with Crippen molar-refractivity contribution in [2.24, 2.45) is 0 Å². The van der Waals surface area contributed by atoms with E-state index in [0.717, 1.165) is 16.8 Å². The summed E-state index contributed by atoms with van der Waals surface area (Å²) in [5.41, 5.74) is 1.97. The Morgan fingerprint density at radius 1 is 1.12 bits per heavy atom. The van der Waals surface area contributed by atoms with Crippen molar-refractivity contribution in [3.63, 3.8) is 0 Å². The molecular weight excluding hydrogens is 302 g/mol. The molecule has 4 nitrogen and oxygen atoms in total. The summed E-state index contributed by atoms with van der Waals surface area (Å²) in [6.45, 7) is 5.81. The third-order valence-electron chi connectivity index (χ3n) is 4.39. The minimum absolute atomic E-state index is 0.281. The van der Waals surface area contributed by atoms with Crippen molar-refractivity contribution in [3.8, 4) is 0 Å². The van der Waals surface area contributed by atoms with Crippen LogP contribution in [0.2, 0.25) is 0 Å². The van der Waals surface area contributed by atoms with Crippen LogP contribution in [0.1, 0.15) is 48.2 Å². The van der Waals surface area contributed by atoms with Gasteiger partial charge in [-0.15, -0.1) is 0 Å². The zero-order chi connectivity index (χ0) is 17.3. The van der Waals surface area contributed by atoms with E-state index in [4.69, 9.17) is 4.74 Å². The first-order valence-electron chi connectivity index (χ1n) is 8.12. The Hall–Kier alpha value is -2.62. The van der Waals surface area contributed by atoms with Crippen molar-refractivity contribution in [2.45, 2.75) is 38.7 Å². The number of cyclic esters (lactones) is 1. The summed E-state index contributed by atoms with van der Waals surface area (Å²) < 4.78 is 5.48. The van der Waals surface area contributed by atoms with Crippen molar-refractivity contribution in [1.82, 2.24) is 0 Å². The van der Waals surface area contributed by atoms with E-state index in [2.05, 4.69) is 19.2 Å². The highest BCUT2D eigenvalue weighted by atomic mass is 16.6. The molecule has 1 aliphatic rings. The maximum atomic E-state index is 12.8. The average Bonchev–Trinajstić information content (AvgIpc) is 2.55. The molecule has 24 heavy (non-hydrogen) atoms. The Balaban J connectivity index is 1.87. The van der Waals surface area contributed by atoms with Gasteiger partial charge in [0, 0.05) is 12.1 Å². The molecule has 0 radical (unpaired) electrons. The molecule has 1 heterocycles. The van der Waals surface area contributed by atoms with Gasteiger partial charge in [0.15, 0.2) is 5.60 Å². The molecule has 2 aromatic rings. The van der Waals surface area contributed by atoms with Gasteiger partial charge in [0.2, 0.25) is 0 Å². The van der Waals surface area contributed by atoms with Crippen molar-refractivity contribution < 1.29 is 14.3 Å². The smallest absolute Gasteiger partial charge is 0.339 e. The van der Waals surface area contributed by atoms with Crippen LogP contribution in [0.3, 0.4) is 0 Å². The molecule has 1 N–H and O–H groups in total. The first-order chi connectivity index (χ1) is 11.4. The first kappa shape index (κ1) is 16.2. The Morgan fingerprint density at radius 2 is 1.79 bits per heavy atom. The number of ether oxygens (including phenoxy) is 1. The zero-order valence-electron chi connectivity index (χ0n) is 14.1. The molecule has 3 rings (SSSR count). The number of para-hydroxylation sites is 1. The molecule has 1 aliphatic heterocycles. The monoisotopic (exact) mass is 323 g/mol. The quantitative estimate of drug-likeness (QED) is 0.871. The number of carbonyl (C=O) groups is 2. The zero-order valence-corrected chi connectivity index (χ0v) is 14.1. The van der Waals surface area contributed by atoms with Gasteiger partial charge in [-0.3, -0.25) is 4.79 Å². The molecule has 0 aliphatic carbocycles. The third-order valence-corrected chi connectivity index (χ3v) is 4.39. The van der Waals surface area contributed by atoms with Gasteiger partial charge in [0.05, 0.1) is 5.56 Å². The lowest BCUT2D eigenvalue weighted by molar-refractivity contribution is -0.134. The summed E-state index contributed by atoms with van der Waals surface area (Å²) in [6, 6.07) is 14.9. The van der Waals surface area contributed by atoms with E-state index >= 15 is 0 Å². The second-order valence-electron chi connectivity index (χ2n) is 6.65. The van der Waals surface area contributed by atoms with E-state index in [0.29, 0.717) is 12.0 Å². The SMILES string of the molecule is CC(C)c1ccccc1NC(=O)C1(C)Cc2ccccc2C(=O)O1. The van der Waals surface area contributed by atoms with Crippen LogP contribution < -0.4 is 5.32 Å².